The van der Waals surface area contributed by atoms with Crippen molar-refractivity contribution in [1.29, 1.82) is 0 Å². The standard InChI is InChI=1S/C17H15ClFN3O2S/c18-13-2-1-3-14(19)12(13)9-22-16(20-24-17(22)23)10-21-6-4-15-11(8-21)5-7-25-15/h1-3,5,7H,4,6,8-10H2. The van der Waals surface area contributed by atoms with Crippen LogP contribution in [0.25, 0.3) is 0 Å². The van der Waals surface area contributed by atoms with Crippen LogP contribution in [-0.2, 0) is 26.1 Å². The van der Waals surface area contributed by atoms with Crippen molar-refractivity contribution < 1.29 is 8.91 Å². The number of halogens is 2. The van der Waals surface area contributed by atoms with Gasteiger partial charge in [-0.15, -0.1) is 11.3 Å². The topological polar surface area (TPSA) is 51.3 Å². The van der Waals surface area contributed by atoms with Crippen molar-refractivity contribution in [3.63, 3.8) is 0 Å². The third-order valence-electron chi connectivity index (χ3n) is 4.39. The van der Waals surface area contributed by atoms with Gasteiger partial charge in [0.05, 0.1) is 13.1 Å². The highest BCUT2D eigenvalue weighted by molar-refractivity contribution is 7.10. The molecule has 1 aromatic carbocycles. The van der Waals surface area contributed by atoms with Gasteiger partial charge in [0, 0.05) is 28.6 Å². The Hall–Kier alpha value is -1.96. The Balaban J connectivity index is 1.57. The van der Waals surface area contributed by atoms with Crippen LogP contribution in [0.1, 0.15) is 21.8 Å². The van der Waals surface area contributed by atoms with Crippen LogP contribution in [0.15, 0.2) is 39.0 Å². The Morgan fingerprint density at radius 1 is 1.32 bits per heavy atom. The van der Waals surface area contributed by atoms with Crippen molar-refractivity contribution in [3.8, 4) is 0 Å². The van der Waals surface area contributed by atoms with Crippen LogP contribution in [0.5, 0.6) is 0 Å². The fourth-order valence-corrected chi connectivity index (χ4v) is 4.16. The minimum absolute atomic E-state index is 0.000709. The SMILES string of the molecule is O=c1onc(CN2CCc3sccc3C2)n1Cc1c(F)cccc1Cl. The van der Waals surface area contributed by atoms with E-state index in [1.54, 1.807) is 17.4 Å². The summed E-state index contributed by atoms with van der Waals surface area (Å²) in [5, 5.41) is 6.26. The quantitative estimate of drug-likeness (QED) is 0.698. The number of fused-ring (bicyclic) bond motifs is 1. The highest BCUT2D eigenvalue weighted by atomic mass is 35.5. The van der Waals surface area contributed by atoms with E-state index in [0.29, 0.717) is 12.4 Å². The average molecular weight is 380 g/mol. The van der Waals surface area contributed by atoms with Gasteiger partial charge in [-0.3, -0.25) is 14.0 Å². The summed E-state index contributed by atoms with van der Waals surface area (Å²) in [7, 11) is 0. The van der Waals surface area contributed by atoms with E-state index in [2.05, 4.69) is 21.5 Å². The molecule has 1 aliphatic heterocycles. The van der Waals surface area contributed by atoms with Gasteiger partial charge in [0.2, 0.25) is 0 Å². The van der Waals surface area contributed by atoms with Crippen LogP contribution in [0.4, 0.5) is 4.39 Å². The maximum absolute atomic E-state index is 14.0. The van der Waals surface area contributed by atoms with Gasteiger partial charge in [0.15, 0.2) is 5.82 Å². The lowest BCUT2D eigenvalue weighted by atomic mass is 10.1. The van der Waals surface area contributed by atoms with Crippen LogP contribution in [0, 0.1) is 5.82 Å². The predicted molar refractivity (Wildman–Crippen MR) is 93.4 cm³/mol. The Morgan fingerprint density at radius 3 is 3.04 bits per heavy atom. The molecule has 1 aliphatic rings. The zero-order valence-corrected chi connectivity index (χ0v) is 14.8. The molecule has 0 unspecified atom stereocenters. The highest BCUT2D eigenvalue weighted by Crippen LogP contribution is 2.25. The minimum Gasteiger partial charge on any atom is -0.296 e. The van der Waals surface area contributed by atoms with Gasteiger partial charge in [-0.05, 0) is 35.6 Å². The highest BCUT2D eigenvalue weighted by Gasteiger charge is 2.21. The van der Waals surface area contributed by atoms with Crippen LogP contribution in [-0.4, -0.2) is 21.2 Å². The molecule has 130 valence electrons. The monoisotopic (exact) mass is 379 g/mol. The first-order valence-electron chi connectivity index (χ1n) is 7.87. The van der Waals surface area contributed by atoms with Crippen molar-refractivity contribution >= 4 is 22.9 Å². The molecule has 2 aromatic heterocycles. The number of hydrogen-bond acceptors (Lipinski definition) is 5. The molecule has 0 spiro atoms. The van der Waals surface area contributed by atoms with Gasteiger partial charge in [0.25, 0.3) is 0 Å². The molecule has 5 nitrogen and oxygen atoms in total. The Labute approximate surface area is 152 Å². The summed E-state index contributed by atoms with van der Waals surface area (Å²) in [6.07, 6.45) is 0.980. The first-order chi connectivity index (χ1) is 12.1. The first-order valence-corrected chi connectivity index (χ1v) is 9.13. The Kier molecular flexibility index (Phi) is 4.45. The molecule has 3 aromatic rings. The Bertz CT molecular complexity index is 945. The minimum atomic E-state index is -0.609. The summed E-state index contributed by atoms with van der Waals surface area (Å²) in [5.74, 6) is -0.585. The summed E-state index contributed by atoms with van der Waals surface area (Å²) in [5.41, 5.74) is 1.57. The summed E-state index contributed by atoms with van der Waals surface area (Å²) in [6, 6.07) is 6.58. The lowest BCUT2D eigenvalue weighted by Crippen LogP contribution is -2.31. The summed E-state index contributed by atoms with van der Waals surface area (Å²) in [6.45, 7) is 2.16. The molecule has 25 heavy (non-hydrogen) atoms. The lowest BCUT2D eigenvalue weighted by molar-refractivity contribution is 0.234. The van der Waals surface area contributed by atoms with Gasteiger partial charge in [-0.1, -0.05) is 22.8 Å². The molecular weight excluding hydrogens is 365 g/mol. The van der Waals surface area contributed by atoms with Crippen molar-refractivity contribution in [3.05, 3.63) is 72.9 Å². The van der Waals surface area contributed by atoms with Crippen molar-refractivity contribution in [2.75, 3.05) is 6.54 Å². The molecule has 0 fully saturated rings. The van der Waals surface area contributed by atoms with E-state index in [1.807, 2.05) is 0 Å². The molecule has 0 bridgehead atoms. The van der Waals surface area contributed by atoms with Crippen molar-refractivity contribution in [2.24, 2.45) is 0 Å². The van der Waals surface area contributed by atoms with E-state index < -0.39 is 11.6 Å². The molecule has 3 heterocycles. The van der Waals surface area contributed by atoms with E-state index >= 15 is 0 Å². The zero-order chi connectivity index (χ0) is 17.4. The number of nitrogens with zero attached hydrogens (tertiary/aromatic N) is 3. The Morgan fingerprint density at radius 2 is 2.20 bits per heavy atom. The normalized spacial score (nSPS) is 14.6. The summed E-state index contributed by atoms with van der Waals surface area (Å²) < 4.78 is 20.2. The van der Waals surface area contributed by atoms with Gasteiger partial charge >= 0.3 is 5.76 Å². The number of hydrogen-bond donors (Lipinski definition) is 0. The molecular formula is C17H15ClFN3O2S. The van der Waals surface area contributed by atoms with Gasteiger partial charge in [-0.25, -0.2) is 9.18 Å². The molecule has 0 aliphatic carbocycles. The lowest BCUT2D eigenvalue weighted by Gasteiger charge is -2.26. The van der Waals surface area contributed by atoms with Crippen LogP contribution < -0.4 is 5.76 Å². The van der Waals surface area contributed by atoms with Gasteiger partial charge < -0.3 is 0 Å². The second kappa shape index (κ2) is 6.74. The third kappa shape index (κ3) is 3.27. The maximum Gasteiger partial charge on any atom is 0.441 e. The predicted octanol–water partition coefficient (Wildman–Crippen LogP) is 3.30. The van der Waals surface area contributed by atoms with E-state index in [1.165, 1.54) is 27.1 Å². The second-order valence-corrected chi connectivity index (χ2v) is 7.39. The van der Waals surface area contributed by atoms with Crippen LogP contribution >= 0.6 is 22.9 Å². The van der Waals surface area contributed by atoms with E-state index in [4.69, 9.17) is 16.1 Å². The smallest absolute Gasteiger partial charge is 0.296 e. The van der Waals surface area contributed by atoms with Crippen LogP contribution in [0.3, 0.4) is 0 Å². The van der Waals surface area contributed by atoms with Crippen molar-refractivity contribution in [2.45, 2.75) is 26.1 Å². The van der Waals surface area contributed by atoms with Crippen molar-refractivity contribution in [1.82, 2.24) is 14.6 Å². The number of benzene rings is 1. The second-order valence-electron chi connectivity index (χ2n) is 5.98. The molecule has 0 saturated carbocycles. The van der Waals surface area contributed by atoms with E-state index in [-0.39, 0.29) is 17.1 Å². The van der Waals surface area contributed by atoms with Crippen LogP contribution in [0.2, 0.25) is 5.02 Å². The largest absolute Gasteiger partial charge is 0.441 e. The third-order valence-corrected chi connectivity index (χ3v) is 5.77. The number of thiophene rings is 1. The molecule has 0 amide bonds. The molecule has 0 atom stereocenters. The summed E-state index contributed by atoms with van der Waals surface area (Å²) in [4.78, 5) is 15.6. The number of rotatable bonds is 4. The van der Waals surface area contributed by atoms with E-state index in [9.17, 15) is 9.18 Å². The fraction of sp³-hybridized carbons (Fsp3) is 0.294. The zero-order valence-electron chi connectivity index (χ0n) is 13.2. The average Bonchev–Trinajstić information content (AvgIpc) is 3.18. The van der Waals surface area contributed by atoms with E-state index in [0.717, 1.165) is 19.5 Å². The maximum atomic E-state index is 14.0. The molecule has 0 radical (unpaired) electrons. The molecule has 8 heteroatoms. The molecule has 0 saturated heterocycles. The number of aromatic nitrogens is 2. The summed E-state index contributed by atoms with van der Waals surface area (Å²) >= 11 is 7.84. The van der Waals surface area contributed by atoms with Gasteiger partial charge in [0.1, 0.15) is 5.82 Å². The molecule has 4 rings (SSSR count). The van der Waals surface area contributed by atoms with Gasteiger partial charge in [-0.2, -0.15) is 0 Å². The molecule has 0 N–H and O–H groups in total. The fourth-order valence-electron chi connectivity index (χ4n) is 3.05. The first kappa shape index (κ1) is 16.5.